The number of nitrogens with one attached hydrogen (secondary N) is 2. The topological polar surface area (TPSA) is 53.6 Å². The summed E-state index contributed by atoms with van der Waals surface area (Å²) in [6, 6.07) is 20.3. The van der Waals surface area contributed by atoms with E-state index < -0.39 is 0 Å². The predicted molar refractivity (Wildman–Crippen MR) is 102 cm³/mol. The van der Waals surface area contributed by atoms with Crippen molar-refractivity contribution in [3.63, 3.8) is 0 Å². The third kappa shape index (κ3) is 2.98. The molecule has 0 aliphatic heterocycles. The van der Waals surface area contributed by atoms with Gasteiger partial charge in [-0.3, -0.25) is 4.98 Å². The number of hydrogen-bond donors (Lipinski definition) is 2. The maximum Gasteiger partial charge on any atom is 0.126 e. The van der Waals surface area contributed by atoms with E-state index in [1.807, 2.05) is 49.5 Å². The van der Waals surface area contributed by atoms with Gasteiger partial charge in [0.15, 0.2) is 0 Å². The third-order valence-corrected chi connectivity index (χ3v) is 4.40. The summed E-state index contributed by atoms with van der Waals surface area (Å²) in [5.41, 5.74) is 5.43. The molecule has 4 nitrogen and oxygen atoms in total. The molecule has 1 aromatic carbocycles. The second-order valence-corrected chi connectivity index (χ2v) is 6.21. The molecule has 0 aliphatic carbocycles. The van der Waals surface area contributed by atoms with Gasteiger partial charge in [0.2, 0.25) is 0 Å². The summed E-state index contributed by atoms with van der Waals surface area (Å²) in [5, 5.41) is 4.78. The van der Waals surface area contributed by atoms with Crippen LogP contribution in [0.5, 0.6) is 0 Å². The largest absolute Gasteiger partial charge is 0.358 e. The molecule has 0 aliphatic rings. The molecule has 0 saturated carbocycles. The van der Waals surface area contributed by atoms with Crippen LogP contribution in [0.2, 0.25) is 0 Å². The Bertz CT molecular complexity index is 1000. The Morgan fingerprint density at radius 3 is 2.56 bits per heavy atom. The van der Waals surface area contributed by atoms with Crippen molar-refractivity contribution >= 4 is 16.7 Å². The van der Waals surface area contributed by atoms with Crippen LogP contribution in [0, 0.1) is 13.8 Å². The maximum absolute atomic E-state index is 4.61. The zero-order valence-electron chi connectivity index (χ0n) is 14.3. The number of H-pyrrole nitrogens is 1. The molecular weight excluding hydrogens is 308 g/mol. The van der Waals surface area contributed by atoms with Crippen molar-refractivity contribution in [1.82, 2.24) is 15.0 Å². The van der Waals surface area contributed by atoms with Gasteiger partial charge in [-0.1, -0.05) is 30.3 Å². The van der Waals surface area contributed by atoms with Crippen molar-refractivity contribution in [2.75, 3.05) is 5.32 Å². The number of aromatic nitrogens is 3. The van der Waals surface area contributed by atoms with Crippen LogP contribution in [-0.2, 0) is 0 Å². The molecule has 0 radical (unpaired) electrons. The van der Waals surface area contributed by atoms with Crippen LogP contribution in [-0.4, -0.2) is 15.0 Å². The SMILES string of the molecule is Cc1cccc(N[C@@H](c2ccccn2)c2c(C)[nH]c3ccccc23)n1. The number of rotatable bonds is 4. The Morgan fingerprint density at radius 1 is 0.920 bits per heavy atom. The van der Waals surface area contributed by atoms with Crippen LogP contribution >= 0.6 is 0 Å². The molecule has 0 amide bonds. The lowest BCUT2D eigenvalue weighted by molar-refractivity contribution is 0.873. The lowest BCUT2D eigenvalue weighted by atomic mass is 9.99. The minimum absolute atomic E-state index is 0.0772. The van der Waals surface area contributed by atoms with Crippen LogP contribution in [0.1, 0.15) is 28.7 Å². The van der Waals surface area contributed by atoms with Gasteiger partial charge >= 0.3 is 0 Å². The first-order chi connectivity index (χ1) is 12.2. The first kappa shape index (κ1) is 15.4. The Kier molecular flexibility index (Phi) is 3.94. The van der Waals surface area contributed by atoms with E-state index in [-0.39, 0.29) is 6.04 Å². The fourth-order valence-electron chi connectivity index (χ4n) is 3.28. The normalized spacial score (nSPS) is 12.2. The summed E-state index contributed by atoms with van der Waals surface area (Å²) in [7, 11) is 0. The van der Waals surface area contributed by atoms with Crippen molar-refractivity contribution in [3.05, 3.63) is 89.5 Å². The standard InChI is InChI=1S/C21H20N4/c1-14-8-7-12-19(23-14)25-21(18-11-5-6-13-22-18)20-15(2)24-17-10-4-3-9-16(17)20/h3-13,21,24H,1-2H3,(H,23,25)/t21-/m0/s1. The van der Waals surface area contributed by atoms with Gasteiger partial charge in [0, 0.05) is 34.1 Å². The highest BCUT2D eigenvalue weighted by Crippen LogP contribution is 2.33. The summed E-state index contributed by atoms with van der Waals surface area (Å²) in [5.74, 6) is 0.848. The highest BCUT2D eigenvalue weighted by molar-refractivity contribution is 5.86. The van der Waals surface area contributed by atoms with Crippen LogP contribution in [0.4, 0.5) is 5.82 Å². The number of hydrogen-bond acceptors (Lipinski definition) is 3. The lowest BCUT2D eigenvalue weighted by Gasteiger charge is -2.20. The van der Waals surface area contributed by atoms with Crippen molar-refractivity contribution in [3.8, 4) is 0 Å². The van der Waals surface area contributed by atoms with Gasteiger partial charge in [-0.15, -0.1) is 0 Å². The molecule has 2 N–H and O–H groups in total. The van der Waals surface area contributed by atoms with Crippen LogP contribution in [0.25, 0.3) is 10.9 Å². The van der Waals surface area contributed by atoms with Crippen LogP contribution < -0.4 is 5.32 Å². The fourth-order valence-corrected chi connectivity index (χ4v) is 3.28. The molecule has 25 heavy (non-hydrogen) atoms. The van der Waals surface area contributed by atoms with E-state index in [1.54, 1.807) is 0 Å². The number of aryl methyl sites for hydroxylation is 2. The summed E-state index contributed by atoms with van der Waals surface area (Å²) in [4.78, 5) is 12.7. The highest BCUT2D eigenvalue weighted by atomic mass is 15.0. The Hall–Kier alpha value is -3.14. The van der Waals surface area contributed by atoms with E-state index in [0.717, 1.165) is 28.4 Å². The smallest absolute Gasteiger partial charge is 0.126 e. The molecule has 0 unspecified atom stereocenters. The van der Waals surface area contributed by atoms with Gasteiger partial charge in [-0.25, -0.2) is 4.98 Å². The first-order valence-corrected chi connectivity index (χ1v) is 8.41. The number of aromatic amines is 1. The van der Waals surface area contributed by atoms with Crippen molar-refractivity contribution in [1.29, 1.82) is 0 Å². The second kappa shape index (κ2) is 6.40. The van der Waals surface area contributed by atoms with Gasteiger partial charge < -0.3 is 10.3 Å². The van der Waals surface area contributed by atoms with E-state index in [2.05, 4.69) is 51.5 Å². The fraction of sp³-hybridized carbons (Fsp3) is 0.143. The molecule has 0 fully saturated rings. The predicted octanol–water partition coefficient (Wildman–Crippen LogP) is 4.78. The van der Waals surface area contributed by atoms with Crippen molar-refractivity contribution in [2.45, 2.75) is 19.9 Å². The van der Waals surface area contributed by atoms with E-state index in [4.69, 9.17) is 0 Å². The van der Waals surface area contributed by atoms with Gasteiger partial charge in [-0.2, -0.15) is 0 Å². The van der Waals surface area contributed by atoms with E-state index in [0.29, 0.717) is 0 Å². The molecule has 4 heteroatoms. The number of anilines is 1. The summed E-state index contributed by atoms with van der Waals surface area (Å²) in [6.07, 6.45) is 1.83. The lowest BCUT2D eigenvalue weighted by Crippen LogP contribution is -2.15. The number of nitrogens with zero attached hydrogens (tertiary/aromatic N) is 2. The molecule has 0 saturated heterocycles. The van der Waals surface area contributed by atoms with Crippen molar-refractivity contribution < 1.29 is 0 Å². The molecule has 3 heterocycles. The summed E-state index contributed by atoms with van der Waals surface area (Å²) in [6.45, 7) is 4.11. The molecule has 4 aromatic rings. The number of fused-ring (bicyclic) bond motifs is 1. The zero-order valence-corrected chi connectivity index (χ0v) is 14.3. The van der Waals surface area contributed by atoms with Crippen LogP contribution in [0.15, 0.2) is 66.9 Å². The number of para-hydroxylation sites is 1. The van der Waals surface area contributed by atoms with Gasteiger partial charge in [0.25, 0.3) is 0 Å². The minimum atomic E-state index is -0.0772. The second-order valence-electron chi connectivity index (χ2n) is 6.21. The van der Waals surface area contributed by atoms with Crippen molar-refractivity contribution in [2.24, 2.45) is 0 Å². The summed E-state index contributed by atoms with van der Waals surface area (Å²) >= 11 is 0. The minimum Gasteiger partial charge on any atom is -0.358 e. The highest BCUT2D eigenvalue weighted by Gasteiger charge is 2.22. The Balaban J connectivity index is 1.87. The van der Waals surface area contributed by atoms with E-state index in [9.17, 15) is 0 Å². The third-order valence-electron chi connectivity index (χ3n) is 4.40. The molecule has 4 rings (SSSR count). The molecule has 124 valence electrons. The van der Waals surface area contributed by atoms with Gasteiger partial charge in [0.05, 0.1) is 11.7 Å². The molecule has 0 spiro atoms. The van der Waals surface area contributed by atoms with Gasteiger partial charge in [0.1, 0.15) is 5.82 Å². The van der Waals surface area contributed by atoms with E-state index in [1.165, 1.54) is 10.9 Å². The van der Waals surface area contributed by atoms with E-state index >= 15 is 0 Å². The molecule has 3 aromatic heterocycles. The number of benzene rings is 1. The Labute approximate surface area is 147 Å². The Morgan fingerprint density at radius 2 is 1.76 bits per heavy atom. The average molecular weight is 328 g/mol. The monoisotopic (exact) mass is 328 g/mol. The van der Waals surface area contributed by atoms with Crippen LogP contribution in [0.3, 0.4) is 0 Å². The maximum atomic E-state index is 4.61. The number of pyridine rings is 2. The quantitative estimate of drug-likeness (QED) is 0.567. The molecule has 1 atom stereocenters. The summed E-state index contributed by atoms with van der Waals surface area (Å²) < 4.78 is 0. The molecule has 0 bridgehead atoms. The van der Waals surface area contributed by atoms with Gasteiger partial charge in [-0.05, 0) is 44.2 Å². The molecular formula is C21H20N4. The average Bonchev–Trinajstić information content (AvgIpc) is 2.96. The first-order valence-electron chi connectivity index (χ1n) is 8.41. The zero-order chi connectivity index (χ0) is 17.2.